The van der Waals surface area contributed by atoms with E-state index in [0.717, 1.165) is 34.6 Å². The van der Waals surface area contributed by atoms with Crippen LogP contribution in [0.25, 0.3) is 33.5 Å². The third-order valence-corrected chi connectivity index (χ3v) is 4.18. The predicted octanol–water partition coefficient (Wildman–Crippen LogP) is 4.92. The van der Waals surface area contributed by atoms with Gasteiger partial charge < -0.3 is 4.57 Å². The third kappa shape index (κ3) is 2.36. The van der Waals surface area contributed by atoms with E-state index in [4.69, 9.17) is 0 Å². The molecule has 4 rings (SSSR count). The minimum atomic E-state index is -0.286. The van der Waals surface area contributed by atoms with Gasteiger partial charge in [0.05, 0.1) is 5.52 Å². The maximum atomic E-state index is 14.1. The molecule has 0 unspecified atom stereocenters. The van der Waals surface area contributed by atoms with Crippen LogP contribution in [0, 0.1) is 5.82 Å². The minimum Gasteiger partial charge on any atom is -0.324 e. The Hall–Kier alpha value is -3.01. The van der Waals surface area contributed by atoms with Crippen molar-refractivity contribution >= 4 is 11.0 Å². The van der Waals surface area contributed by atoms with Gasteiger partial charge in [-0.15, -0.1) is 0 Å². The molecule has 118 valence electrons. The highest BCUT2D eigenvalue weighted by Gasteiger charge is 2.14. The van der Waals surface area contributed by atoms with Crippen LogP contribution in [0.4, 0.5) is 4.39 Å². The molecule has 0 amide bonds. The van der Waals surface area contributed by atoms with Crippen LogP contribution in [0.15, 0.2) is 67.0 Å². The zero-order chi connectivity index (χ0) is 16.5. The fourth-order valence-corrected chi connectivity index (χ4v) is 3.04. The summed E-state index contributed by atoms with van der Waals surface area (Å²) in [5.41, 5.74) is 4.40. The first-order valence-electron chi connectivity index (χ1n) is 7.93. The minimum absolute atomic E-state index is 0.286. The quantitative estimate of drug-likeness (QED) is 0.537. The Morgan fingerprint density at radius 3 is 2.46 bits per heavy atom. The van der Waals surface area contributed by atoms with Crippen molar-refractivity contribution < 1.29 is 4.39 Å². The number of fused-ring (bicyclic) bond motifs is 1. The molecule has 2 aromatic heterocycles. The van der Waals surface area contributed by atoms with Gasteiger partial charge in [0, 0.05) is 24.5 Å². The van der Waals surface area contributed by atoms with E-state index in [1.165, 1.54) is 6.07 Å². The van der Waals surface area contributed by atoms with Crippen molar-refractivity contribution in [2.24, 2.45) is 0 Å². The number of para-hydroxylation sites is 1. The Balaban J connectivity index is 1.91. The smallest absolute Gasteiger partial charge is 0.151 e. The largest absolute Gasteiger partial charge is 0.324 e. The monoisotopic (exact) mass is 317 g/mol. The first kappa shape index (κ1) is 14.6. The number of imidazole rings is 1. The van der Waals surface area contributed by atoms with Crippen LogP contribution >= 0.6 is 0 Å². The van der Waals surface area contributed by atoms with E-state index in [0.29, 0.717) is 5.52 Å². The average Bonchev–Trinajstić information content (AvgIpc) is 3.03. The molecular weight excluding hydrogens is 301 g/mol. The molecule has 3 nitrogen and oxygen atoms in total. The number of rotatable bonds is 3. The van der Waals surface area contributed by atoms with Gasteiger partial charge in [-0.2, -0.15) is 0 Å². The van der Waals surface area contributed by atoms with Crippen molar-refractivity contribution in [3.63, 3.8) is 0 Å². The van der Waals surface area contributed by atoms with Crippen LogP contribution in [-0.4, -0.2) is 14.5 Å². The van der Waals surface area contributed by atoms with Crippen LogP contribution in [0.1, 0.15) is 6.92 Å². The molecule has 2 heterocycles. The molecular formula is C20H16FN3. The third-order valence-electron chi connectivity index (χ3n) is 4.18. The van der Waals surface area contributed by atoms with E-state index in [1.54, 1.807) is 18.5 Å². The summed E-state index contributed by atoms with van der Waals surface area (Å²) in [5.74, 6) is 0.500. The van der Waals surface area contributed by atoms with Crippen LogP contribution in [-0.2, 0) is 6.54 Å². The second-order valence-electron chi connectivity index (χ2n) is 5.60. The molecule has 0 spiro atoms. The molecule has 24 heavy (non-hydrogen) atoms. The Labute approximate surface area is 139 Å². The Kier molecular flexibility index (Phi) is 3.58. The maximum absolute atomic E-state index is 14.1. The summed E-state index contributed by atoms with van der Waals surface area (Å²) in [6.07, 6.45) is 3.55. The summed E-state index contributed by atoms with van der Waals surface area (Å²) in [4.78, 5) is 8.62. The molecule has 0 atom stereocenters. The lowest BCUT2D eigenvalue weighted by Gasteiger charge is -2.08. The Morgan fingerprint density at radius 2 is 1.67 bits per heavy atom. The van der Waals surface area contributed by atoms with Crippen LogP contribution < -0.4 is 0 Å². The van der Waals surface area contributed by atoms with E-state index in [2.05, 4.69) is 22.1 Å². The molecule has 0 fully saturated rings. The summed E-state index contributed by atoms with van der Waals surface area (Å²) in [6, 6.07) is 17.2. The van der Waals surface area contributed by atoms with Gasteiger partial charge in [0.2, 0.25) is 0 Å². The second kappa shape index (κ2) is 5.89. The molecule has 0 saturated heterocycles. The molecule has 2 aromatic carbocycles. The lowest BCUT2D eigenvalue weighted by Crippen LogP contribution is -1.97. The molecule has 0 N–H and O–H groups in total. The van der Waals surface area contributed by atoms with Crippen molar-refractivity contribution in [3.05, 3.63) is 72.8 Å². The molecule has 0 aliphatic carbocycles. The van der Waals surface area contributed by atoms with Crippen molar-refractivity contribution in [2.45, 2.75) is 13.5 Å². The number of benzene rings is 2. The highest BCUT2D eigenvalue weighted by atomic mass is 19.1. The molecule has 0 aliphatic rings. The lowest BCUT2D eigenvalue weighted by atomic mass is 10.0. The standard InChI is InChI=1S/C20H16FN3/c1-2-24-18-8-4-7-17(21)19(18)23-20(24)16-6-3-5-15(13-16)14-9-11-22-12-10-14/h3-13H,2H2,1H3. The fraction of sp³-hybridized carbons (Fsp3) is 0.100. The SMILES string of the molecule is CCn1c(-c2cccc(-c3ccncc3)c2)nc2c(F)cccc21. The van der Waals surface area contributed by atoms with Gasteiger partial charge in [-0.1, -0.05) is 24.3 Å². The fourth-order valence-electron chi connectivity index (χ4n) is 3.04. The van der Waals surface area contributed by atoms with Crippen LogP contribution in [0.5, 0.6) is 0 Å². The van der Waals surface area contributed by atoms with Gasteiger partial charge in [0.15, 0.2) is 5.82 Å². The first-order chi connectivity index (χ1) is 11.8. The van der Waals surface area contributed by atoms with E-state index in [9.17, 15) is 4.39 Å². The van der Waals surface area contributed by atoms with E-state index in [1.807, 2.05) is 41.8 Å². The number of nitrogens with zero attached hydrogens (tertiary/aromatic N) is 3. The Morgan fingerprint density at radius 1 is 0.917 bits per heavy atom. The highest BCUT2D eigenvalue weighted by Crippen LogP contribution is 2.29. The highest BCUT2D eigenvalue weighted by molar-refractivity contribution is 5.82. The number of aromatic nitrogens is 3. The number of hydrogen-bond donors (Lipinski definition) is 0. The molecule has 0 bridgehead atoms. The summed E-state index contributed by atoms with van der Waals surface area (Å²) in [6.45, 7) is 2.77. The van der Waals surface area contributed by atoms with Crippen molar-refractivity contribution in [1.82, 2.24) is 14.5 Å². The summed E-state index contributed by atoms with van der Waals surface area (Å²) in [5, 5.41) is 0. The van der Waals surface area contributed by atoms with Crippen molar-refractivity contribution in [1.29, 1.82) is 0 Å². The Bertz CT molecular complexity index is 1010. The molecule has 0 saturated carbocycles. The van der Waals surface area contributed by atoms with Crippen LogP contribution in [0.3, 0.4) is 0 Å². The summed E-state index contributed by atoms with van der Waals surface area (Å²) < 4.78 is 16.1. The number of pyridine rings is 1. The van der Waals surface area contributed by atoms with Gasteiger partial charge in [-0.25, -0.2) is 9.37 Å². The topological polar surface area (TPSA) is 30.7 Å². The molecule has 4 aromatic rings. The average molecular weight is 317 g/mol. The molecule has 0 radical (unpaired) electrons. The van der Waals surface area contributed by atoms with Gasteiger partial charge >= 0.3 is 0 Å². The zero-order valence-corrected chi connectivity index (χ0v) is 13.3. The number of aryl methyl sites for hydroxylation is 1. The van der Waals surface area contributed by atoms with E-state index in [-0.39, 0.29) is 5.82 Å². The van der Waals surface area contributed by atoms with Gasteiger partial charge in [-0.05, 0) is 48.4 Å². The lowest BCUT2D eigenvalue weighted by molar-refractivity contribution is 0.637. The summed E-state index contributed by atoms with van der Waals surface area (Å²) in [7, 11) is 0. The van der Waals surface area contributed by atoms with E-state index < -0.39 is 0 Å². The molecule has 4 heteroatoms. The normalized spacial score (nSPS) is 11.1. The summed E-state index contributed by atoms with van der Waals surface area (Å²) >= 11 is 0. The molecule has 0 aliphatic heterocycles. The van der Waals surface area contributed by atoms with Gasteiger partial charge in [0.25, 0.3) is 0 Å². The van der Waals surface area contributed by atoms with Gasteiger partial charge in [0.1, 0.15) is 11.3 Å². The van der Waals surface area contributed by atoms with Crippen LogP contribution in [0.2, 0.25) is 0 Å². The van der Waals surface area contributed by atoms with Gasteiger partial charge in [-0.3, -0.25) is 4.98 Å². The zero-order valence-electron chi connectivity index (χ0n) is 13.3. The van der Waals surface area contributed by atoms with E-state index >= 15 is 0 Å². The number of hydrogen-bond acceptors (Lipinski definition) is 2. The second-order valence-corrected chi connectivity index (χ2v) is 5.60. The van der Waals surface area contributed by atoms with Crippen molar-refractivity contribution in [3.8, 4) is 22.5 Å². The first-order valence-corrected chi connectivity index (χ1v) is 7.93. The number of halogens is 1. The maximum Gasteiger partial charge on any atom is 0.151 e. The van der Waals surface area contributed by atoms with Crippen molar-refractivity contribution in [2.75, 3.05) is 0 Å². The predicted molar refractivity (Wildman–Crippen MR) is 94.0 cm³/mol.